The Hall–Kier alpha value is -3.62. The van der Waals surface area contributed by atoms with Gasteiger partial charge >= 0.3 is 0 Å². The summed E-state index contributed by atoms with van der Waals surface area (Å²) in [5.74, 6) is -0.0180. The van der Waals surface area contributed by atoms with Gasteiger partial charge < -0.3 is 4.90 Å². The molecule has 1 fully saturated rings. The Labute approximate surface area is 184 Å². The molecular formula is C23H24FN7O. The lowest BCUT2D eigenvalue weighted by molar-refractivity contribution is -0.130. The summed E-state index contributed by atoms with van der Waals surface area (Å²) in [7, 11) is 0. The molecule has 1 aromatic carbocycles. The predicted molar refractivity (Wildman–Crippen MR) is 116 cm³/mol. The van der Waals surface area contributed by atoms with E-state index in [4.69, 9.17) is 5.10 Å². The molecule has 1 unspecified atom stereocenters. The monoisotopic (exact) mass is 433 g/mol. The third-order valence-electron chi connectivity index (χ3n) is 6.16. The van der Waals surface area contributed by atoms with Crippen molar-refractivity contribution in [3.05, 3.63) is 77.5 Å². The van der Waals surface area contributed by atoms with Crippen LogP contribution >= 0.6 is 0 Å². The highest BCUT2D eigenvalue weighted by Crippen LogP contribution is 2.29. The lowest BCUT2D eigenvalue weighted by atomic mass is 10.0. The predicted octanol–water partition coefficient (Wildman–Crippen LogP) is 2.77. The highest BCUT2D eigenvalue weighted by molar-refractivity contribution is 5.77. The van der Waals surface area contributed by atoms with Crippen molar-refractivity contribution < 1.29 is 9.18 Å². The molecule has 32 heavy (non-hydrogen) atoms. The number of aromatic nitrogens is 6. The first-order valence-electron chi connectivity index (χ1n) is 10.8. The maximum atomic E-state index is 13.9. The number of carbonyl (C=O) groups is 1. The first-order valence-corrected chi connectivity index (χ1v) is 10.8. The topological polar surface area (TPSA) is 81.2 Å². The molecule has 0 radical (unpaired) electrons. The van der Waals surface area contributed by atoms with Crippen LogP contribution in [0.4, 0.5) is 4.39 Å². The lowest BCUT2D eigenvalue weighted by Gasteiger charge is -2.17. The molecule has 4 heterocycles. The van der Waals surface area contributed by atoms with E-state index in [1.54, 1.807) is 35.4 Å². The number of carbonyl (C=O) groups excluding carboxylic acids is 1. The number of hydrogen-bond donors (Lipinski definition) is 0. The van der Waals surface area contributed by atoms with Crippen LogP contribution in [0.2, 0.25) is 0 Å². The molecule has 1 atom stereocenters. The molecule has 0 aliphatic carbocycles. The molecule has 1 saturated heterocycles. The average Bonchev–Trinajstić information content (AvgIpc) is 3.54. The molecule has 1 amide bonds. The fourth-order valence-corrected chi connectivity index (χ4v) is 4.41. The highest BCUT2D eigenvalue weighted by Gasteiger charge is 2.29. The van der Waals surface area contributed by atoms with Gasteiger partial charge in [-0.25, -0.2) is 23.6 Å². The second kappa shape index (κ2) is 8.49. The fraction of sp³-hybridized carbons (Fsp3) is 0.348. The van der Waals surface area contributed by atoms with Crippen LogP contribution in [0.15, 0.2) is 49.2 Å². The van der Waals surface area contributed by atoms with Crippen LogP contribution in [-0.4, -0.2) is 53.3 Å². The number of rotatable bonds is 6. The summed E-state index contributed by atoms with van der Waals surface area (Å²) < 4.78 is 17.5. The molecule has 5 rings (SSSR count). The first kappa shape index (κ1) is 20.3. The second-order valence-corrected chi connectivity index (χ2v) is 8.18. The summed E-state index contributed by atoms with van der Waals surface area (Å²) in [6.07, 6.45) is 6.57. The van der Waals surface area contributed by atoms with Crippen LogP contribution in [0, 0.1) is 12.7 Å². The molecule has 9 heteroatoms. The summed E-state index contributed by atoms with van der Waals surface area (Å²) in [5.41, 5.74) is 4.34. The number of fused-ring (bicyclic) bond motifs is 1. The van der Waals surface area contributed by atoms with Crippen molar-refractivity contribution in [1.29, 1.82) is 0 Å². The largest absolute Gasteiger partial charge is 0.342 e. The summed E-state index contributed by atoms with van der Waals surface area (Å²) in [6, 6.07) is 8.61. The van der Waals surface area contributed by atoms with Crippen molar-refractivity contribution in [2.45, 2.75) is 38.6 Å². The Morgan fingerprint density at radius 1 is 1.25 bits per heavy atom. The Morgan fingerprint density at radius 3 is 2.94 bits per heavy atom. The summed E-state index contributed by atoms with van der Waals surface area (Å²) in [6.45, 7) is 3.85. The van der Waals surface area contributed by atoms with E-state index in [9.17, 15) is 9.18 Å². The molecule has 164 valence electrons. The van der Waals surface area contributed by atoms with E-state index in [1.165, 1.54) is 12.4 Å². The van der Waals surface area contributed by atoms with Gasteiger partial charge in [-0.3, -0.25) is 4.79 Å². The number of aryl methyl sites for hydroxylation is 2. The van der Waals surface area contributed by atoms with Gasteiger partial charge in [-0.05, 0) is 37.5 Å². The molecule has 0 N–H and O–H groups in total. The number of halogens is 1. The van der Waals surface area contributed by atoms with Gasteiger partial charge in [0, 0.05) is 37.2 Å². The SMILES string of the molecule is Cc1nn2c(C3CCN(C(=O)CCc4ccccc4F)C3)ccnc2c1Cn1cncn1. The quantitative estimate of drug-likeness (QED) is 0.467. The van der Waals surface area contributed by atoms with E-state index in [2.05, 4.69) is 15.1 Å². The van der Waals surface area contributed by atoms with Crippen LogP contribution < -0.4 is 0 Å². The van der Waals surface area contributed by atoms with E-state index in [1.807, 2.05) is 22.4 Å². The normalized spacial score (nSPS) is 16.2. The summed E-state index contributed by atoms with van der Waals surface area (Å²) in [5, 5.41) is 8.93. The van der Waals surface area contributed by atoms with Crippen molar-refractivity contribution in [3.63, 3.8) is 0 Å². The van der Waals surface area contributed by atoms with Gasteiger partial charge in [0.05, 0.1) is 17.9 Å². The van der Waals surface area contributed by atoms with E-state index >= 15 is 0 Å². The number of hydrogen-bond acceptors (Lipinski definition) is 5. The van der Waals surface area contributed by atoms with Crippen LogP contribution in [-0.2, 0) is 17.8 Å². The zero-order chi connectivity index (χ0) is 22.1. The molecular weight excluding hydrogens is 409 g/mol. The molecule has 1 aliphatic rings. The van der Waals surface area contributed by atoms with Gasteiger partial charge in [0.15, 0.2) is 5.65 Å². The minimum absolute atomic E-state index is 0.0598. The third-order valence-corrected chi connectivity index (χ3v) is 6.16. The molecule has 3 aromatic heterocycles. The van der Waals surface area contributed by atoms with Gasteiger partial charge in [0.2, 0.25) is 5.91 Å². The molecule has 1 aliphatic heterocycles. The summed E-state index contributed by atoms with van der Waals surface area (Å²) >= 11 is 0. The number of nitrogens with zero attached hydrogens (tertiary/aromatic N) is 7. The van der Waals surface area contributed by atoms with E-state index in [0.717, 1.165) is 29.0 Å². The number of amides is 1. The highest BCUT2D eigenvalue weighted by atomic mass is 19.1. The van der Waals surface area contributed by atoms with Gasteiger partial charge in [0.1, 0.15) is 18.5 Å². The first-order chi connectivity index (χ1) is 15.6. The van der Waals surface area contributed by atoms with Crippen molar-refractivity contribution in [1.82, 2.24) is 34.3 Å². The zero-order valence-electron chi connectivity index (χ0n) is 17.9. The second-order valence-electron chi connectivity index (χ2n) is 8.18. The van der Waals surface area contributed by atoms with Gasteiger partial charge in [-0.15, -0.1) is 0 Å². The van der Waals surface area contributed by atoms with Gasteiger partial charge in [-0.1, -0.05) is 18.2 Å². The Kier molecular flexibility index (Phi) is 5.38. The molecule has 8 nitrogen and oxygen atoms in total. The average molecular weight is 433 g/mol. The number of benzene rings is 1. The third kappa shape index (κ3) is 3.86. The van der Waals surface area contributed by atoms with E-state index in [-0.39, 0.29) is 17.6 Å². The maximum Gasteiger partial charge on any atom is 0.222 e. The lowest BCUT2D eigenvalue weighted by Crippen LogP contribution is -2.28. The van der Waals surface area contributed by atoms with Crippen LogP contribution in [0.5, 0.6) is 0 Å². The minimum atomic E-state index is -0.255. The van der Waals surface area contributed by atoms with Gasteiger partial charge in [-0.2, -0.15) is 10.2 Å². The fourth-order valence-electron chi connectivity index (χ4n) is 4.41. The molecule has 0 bridgehead atoms. The maximum absolute atomic E-state index is 13.9. The van der Waals surface area contributed by atoms with Crippen LogP contribution in [0.25, 0.3) is 5.65 Å². The smallest absolute Gasteiger partial charge is 0.222 e. The molecule has 0 saturated carbocycles. The Morgan fingerprint density at radius 2 is 2.12 bits per heavy atom. The van der Waals surface area contributed by atoms with E-state index < -0.39 is 0 Å². The number of likely N-dealkylation sites (tertiary alicyclic amines) is 1. The standard InChI is InChI=1S/C23H24FN7O/c1-16-19(13-30-15-25-14-27-30)23-26-10-8-21(31(23)28-16)18-9-11-29(12-18)22(32)7-6-17-4-2-3-5-20(17)24/h2-5,8,10,14-15,18H,6-7,9,11-13H2,1H3. The van der Waals surface area contributed by atoms with Crippen molar-refractivity contribution in [2.24, 2.45) is 0 Å². The minimum Gasteiger partial charge on any atom is -0.342 e. The summed E-state index contributed by atoms with van der Waals surface area (Å²) in [4.78, 5) is 23.2. The van der Waals surface area contributed by atoms with E-state index in [0.29, 0.717) is 38.0 Å². The Bertz CT molecular complexity index is 1250. The van der Waals surface area contributed by atoms with Crippen molar-refractivity contribution >= 4 is 11.6 Å². The van der Waals surface area contributed by atoms with Crippen LogP contribution in [0.1, 0.15) is 41.3 Å². The van der Waals surface area contributed by atoms with Crippen molar-refractivity contribution in [2.75, 3.05) is 13.1 Å². The van der Waals surface area contributed by atoms with Crippen LogP contribution in [0.3, 0.4) is 0 Å². The molecule has 4 aromatic rings. The Balaban J connectivity index is 1.31. The van der Waals surface area contributed by atoms with Crippen molar-refractivity contribution in [3.8, 4) is 0 Å². The zero-order valence-corrected chi connectivity index (χ0v) is 17.9. The molecule has 0 spiro atoms. The van der Waals surface area contributed by atoms with Gasteiger partial charge in [0.25, 0.3) is 0 Å².